The molecule has 0 radical (unpaired) electrons. The fourth-order valence-corrected chi connectivity index (χ4v) is 1.82. The molecule has 0 aliphatic carbocycles. The highest BCUT2D eigenvalue weighted by atomic mass is 127. The van der Waals surface area contributed by atoms with Crippen LogP contribution < -0.4 is 15.4 Å². The summed E-state index contributed by atoms with van der Waals surface area (Å²) in [5.74, 6) is 1.44. The van der Waals surface area contributed by atoms with Crippen molar-refractivity contribution in [3.63, 3.8) is 0 Å². The van der Waals surface area contributed by atoms with E-state index in [1.165, 1.54) is 0 Å². The molecule has 0 atom stereocenters. The Kier molecular flexibility index (Phi) is 10.6. The predicted octanol–water partition coefficient (Wildman–Crippen LogP) is 2.90. The van der Waals surface area contributed by atoms with Crippen LogP contribution in [-0.2, 0) is 6.54 Å². The van der Waals surface area contributed by atoms with Gasteiger partial charge in [-0.25, -0.2) is 9.98 Å². The highest BCUT2D eigenvalue weighted by Crippen LogP contribution is 2.19. The molecular formula is C15H27IN4OS. The summed E-state index contributed by atoms with van der Waals surface area (Å²) in [6.45, 7) is 8.68. The first kappa shape index (κ1) is 21.3. The van der Waals surface area contributed by atoms with Crippen molar-refractivity contribution in [1.29, 1.82) is 0 Å². The summed E-state index contributed by atoms with van der Waals surface area (Å²) < 4.78 is 5.41. The molecule has 5 nitrogen and oxygen atoms in total. The van der Waals surface area contributed by atoms with Gasteiger partial charge in [-0.15, -0.1) is 24.0 Å². The van der Waals surface area contributed by atoms with Gasteiger partial charge in [0.2, 0.25) is 5.88 Å². The summed E-state index contributed by atoms with van der Waals surface area (Å²) in [5.41, 5.74) is 0.973. The van der Waals surface area contributed by atoms with E-state index in [4.69, 9.17) is 4.74 Å². The number of nitrogens with one attached hydrogen (secondary N) is 2. The van der Waals surface area contributed by atoms with Gasteiger partial charge in [0.25, 0.3) is 0 Å². The Bertz CT molecular complexity index is 469. The maximum absolute atomic E-state index is 5.24. The van der Waals surface area contributed by atoms with E-state index in [0.29, 0.717) is 12.4 Å². The van der Waals surface area contributed by atoms with Gasteiger partial charge in [0.15, 0.2) is 5.96 Å². The van der Waals surface area contributed by atoms with Gasteiger partial charge in [-0.3, -0.25) is 0 Å². The van der Waals surface area contributed by atoms with Gasteiger partial charge in [0, 0.05) is 29.6 Å². The van der Waals surface area contributed by atoms with Crippen LogP contribution in [0.5, 0.6) is 5.88 Å². The predicted molar refractivity (Wildman–Crippen MR) is 107 cm³/mol. The lowest BCUT2D eigenvalue weighted by atomic mass is 10.2. The number of halogens is 1. The summed E-state index contributed by atoms with van der Waals surface area (Å²) in [5, 5.41) is 6.63. The van der Waals surface area contributed by atoms with Gasteiger partial charge in [0.1, 0.15) is 0 Å². The Labute approximate surface area is 155 Å². The van der Waals surface area contributed by atoms with Crippen LogP contribution >= 0.6 is 35.7 Å². The van der Waals surface area contributed by atoms with Crippen LogP contribution in [0.15, 0.2) is 23.3 Å². The molecule has 0 spiro atoms. The van der Waals surface area contributed by atoms with Crippen molar-refractivity contribution < 1.29 is 4.74 Å². The van der Waals surface area contributed by atoms with Crippen molar-refractivity contribution in [2.75, 3.05) is 26.5 Å². The normalized spacial score (nSPS) is 11.6. The highest BCUT2D eigenvalue weighted by Gasteiger charge is 2.16. The molecule has 0 aliphatic heterocycles. The second kappa shape index (κ2) is 10.9. The van der Waals surface area contributed by atoms with Crippen molar-refractivity contribution in [2.24, 2.45) is 4.99 Å². The second-order valence-corrected chi connectivity index (χ2v) is 6.70. The molecule has 22 heavy (non-hydrogen) atoms. The lowest BCUT2D eigenvalue weighted by Crippen LogP contribution is -2.43. The number of hydrogen-bond donors (Lipinski definition) is 2. The zero-order valence-corrected chi connectivity index (χ0v) is 17.1. The van der Waals surface area contributed by atoms with Gasteiger partial charge in [-0.05, 0) is 33.1 Å². The number of thioether (sulfide) groups is 1. The molecule has 0 aromatic carbocycles. The minimum absolute atomic E-state index is 0. The van der Waals surface area contributed by atoms with Crippen LogP contribution in [0.25, 0.3) is 0 Å². The van der Waals surface area contributed by atoms with E-state index >= 15 is 0 Å². The molecule has 1 rings (SSSR count). The fraction of sp³-hybridized carbons (Fsp3) is 0.600. The molecule has 0 saturated carbocycles. The number of aliphatic imine (C=N–C) groups is 1. The quantitative estimate of drug-likeness (QED) is 0.390. The maximum Gasteiger partial charge on any atom is 0.218 e. The Morgan fingerprint density at radius 1 is 1.41 bits per heavy atom. The zero-order valence-electron chi connectivity index (χ0n) is 14.0. The maximum atomic E-state index is 5.24. The average molecular weight is 438 g/mol. The number of hydrogen-bond acceptors (Lipinski definition) is 4. The molecule has 1 aromatic heterocycles. The van der Waals surface area contributed by atoms with Crippen molar-refractivity contribution in [1.82, 2.24) is 15.6 Å². The molecule has 0 fully saturated rings. The third-order valence-corrected chi connectivity index (χ3v) is 4.28. The molecule has 0 aliphatic rings. The largest absolute Gasteiger partial charge is 0.481 e. The van der Waals surface area contributed by atoms with E-state index in [0.717, 1.165) is 24.6 Å². The molecule has 7 heteroatoms. The zero-order chi connectivity index (χ0) is 15.7. The number of aromatic nitrogens is 1. The SMILES string of the molecule is CCNC(=NCc1cccnc1OC)NCC(C)(C)SC.I. The summed E-state index contributed by atoms with van der Waals surface area (Å²) in [4.78, 5) is 8.78. The van der Waals surface area contributed by atoms with E-state index in [-0.39, 0.29) is 28.7 Å². The van der Waals surface area contributed by atoms with Crippen LogP contribution in [0.4, 0.5) is 0 Å². The van der Waals surface area contributed by atoms with E-state index in [1.54, 1.807) is 13.3 Å². The molecule has 1 heterocycles. The van der Waals surface area contributed by atoms with Gasteiger partial charge in [-0.1, -0.05) is 6.07 Å². The second-order valence-electron chi connectivity index (χ2n) is 5.18. The smallest absolute Gasteiger partial charge is 0.218 e. The number of rotatable bonds is 7. The third-order valence-electron chi connectivity index (χ3n) is 3.03. The summed E-state index contributed by atoms with van der Waals surface area (Å²) in [6, 6.07) is 3.87. The molecule has 126 valence electrons. The number of methoxy groups -OCH3 is 1. The van der Waals surface area contributed by atoms with E-state index in [1.807, 2.05) is 23.9 Å². The minimum atomic E-state index is 0. The lowest BCUT2D eigenvalue weighted by molar-refractivity contribution is 0.392. The Balaban J connectivity index is 0.00000441. The topological polar surface area (TPSA) is 58.5 Å². The van der Waals surface area contributed by atoms with Crippen molar-refractivity contribution in [3.8, 4) is 5.88 Å². The Hall–Kier alpha value is -0.700. The molecule has 0 unspecified atom stereocenters. The molecule has 0 amide bonds. The first-order valence-electron chi connectivity index (χ1n) is 7.07. The molecule has 1 aromatic rings. The van der Waals surface area contributed by atoms with Gasteiger partial charge in [-0.2, -0.15) is 11.8 Å². The number of nitrogens with zero attached hydrogens (tertiary/aromatic N) is 2. The van der Waals surface area contributed by atoms with Crippen molar-refractivity contribution in [2.45, 2.75) is 32.1 Å². The average Bonchev–Trinajstić information content (AvgIpc) is 2.50. The summed E-state index contributed by atoms with van der Waals surface area (Å²) in [6.07, 6.45) is 3.84. The van der Waals surface area contributed by atoms with E-state index < -0.39 is 0 Å². The standard InChI is InChI=1S/C15H26N4OS.HI/c1-6-16-14(19-11-15(2,3)21-5)18-10-12-8-7-9-17-13(12)20-4;/h7-9H,6,10-11H2,1-5H3,(H2,16,18,19);1H. The fourth-order valence-electron chi connectivity index (χ4n) is 1.60. The van der Waals surface area contributed by atoms with Crippen LogP contribution in [0.1, 0.15) is 26.3 Å². The third kappa shape index (κ3) is 7.53. The minimum Gasteiger partial charge on any atom is -0.481 e. The van der Waals surface area contributed by atoms with Crippen molar-refractivity contribution in [3.05, 3.63) is 23.9 Å². The van der Waals surface area contributed by atoms with Gasteiger partial charge >= 0.3 is 0 Å². The van der Waals surface area contributed by atoms with Crippen LogP contribution in [0.2, 0.25) is 0 Å². The highest BCUT2D eigenvalue weighted by molar-refractivity contribution is 14.0. The monoisotopic (exact) mass is 438 g/mol. The Morgan fingerprint density at radius 2 is 2.14 bits per heavy atom. The van der Waals surface area contributed by atoms with Crippen LogP contribution in [0, 0.1) is 0 Å². The van der Waals surface area contributed by atoms with E-state index in [2.05, 4.69) is 47.6 Å². The molecule has 2 N–H and O–H groups in total. The number of ether oxygens (including phenoxy) is 1. The van der Waals surface area contributed by atoms with E-state index in [9.17, 15) is 0 Å². The van der Waals surface area contributed by atoms with Crippen molar-refractivity contribution >= 4 is 41.7 Å². The first-order valence-corrected chi connectivity index (χ1v) is 8.30. The molecular weight excluding hydrogens is 411 g/mol. The molecule has 0 saturated heterocycles. The molecule has 0 bridgehead atoms. The summed E-state index contributed by atoms with van der Waals surface area (Å²) >= 11 is 1.83. The summed E-state index contributed by atoms with van der Waals surface area (Å²) in [7, 11) is 1.62. The van der Waals surface area contributed by atoms with Gasteiger partial charge < -0.3 is 15.4 Å². The first-order chi connectivity index (χ1) is 10.0. The lowest BCUT2D eigenvalue weighted by Gasteiger charge is -2.23. The van der Waals surface area contributed by atoms with Crippen LogP contribution in [-0.4, -0.2) is 42.1 Å². The van der Waals surface area contributed by atoms with Crippen LogP contribution in [0.3, 0.4) is 0 Å². The number of pyridine rings is 1. The van der Waals surface area contributed by atoms with Gasteiger partial charge in [0.05, 0.1) is 13.7 Å². The Morgan fingerprint density at radius 3 is 2.73 bits per heavy atom. The number of guanidine groups is 1.